The third-order valence-electron chi connectivity index (χ3n) is 3.85. The van der Waals surface area contributed by atoms with E-state index in [0.717, 1.165) is 22.1 Å². The van der Waals surface area contributed by atoms with Gasteiger partial charge in [-0.15, -0.1) is 23.7 Å². The van der Waals surface area contributed by atoms with E-state index in [2.05, 4.69) is 0 Å². The van der Waals surface area contributed by atoms with Gasteiger partial charge in [0.05, 0.1) is 10.9 Å². The molecule has 20 heavy (non-hydrogen) atoms. The molecular weight excluding hydrogens is 315 g/mol. The number of thiophene rings is 1. The fraction of sp³-hybridized carbons (Fsp3) is 0.643. The Morgan fingerprint density at radius 1 is 1.45 bits per heavy atom. The highest BCUT2D eigenvalue weighted by molar-refractivity contribution is 7.16. The zero-order valence-electron chi connectivity index (χ0n) is 11.7. The maximum Gasteiger partial charge on any atom is 0.222 e. The molecule has 1 heterocycles. The molecule has 6 heteroatoms. The molecule has 1 aromatic heterocycles. The van der Waals surface area contributed by atoms with Gasteiger partial charge >= 0.3 is 0 Å². The lowest BCUT2D eigenvalue weighted by atomic mass is 9.83. The molecule has 1 amide bonds. The number of nitrogens with two attached hydrogens (primary N) is 1. The van der Waals surface area contributed by atoms with E-state index in [0.29, 0.717) is 18.9 Å². The maximum absolute atomic E-state index is 12.2. The lowest BCUT2D eigenvalue weighted by molar-refractivity contribution is -0.131. The number of carbonyl (C=O) groups is 1. The van der Waals surface area contributed by atoms with Crippen molar-refractivity contribution in [1.29, 1.82) is 0 Å². The molecular formula is C14H22Cl2N2OS. The van der Waals surface area contributed by atoms with Gasteiger partial charge in [0.1, 0.15) is 0 Å². The highest BCUT2D eigenvalue weighted by atomic mass is 35.5. The lowest BCUT2D eigenvalue weighted by Gasteiger charge is -2.29. The van der Waals surface area contributed by atoms with E-state index >= 15 is 0 Å². The highest BCUT2D eigenvalue weighted by Crippen LogP contribution is 2.27. The molecule has 3 nitrogen and oxygen atoms in total. The Morgan fingerprint density at radius 2 is 2.15 bits per heavy atom. The summed E-state index contributed by atoms with van der Waals surface area (Å²) in [5.41, 5.74) is 6.10. The summed E-state index contributed by atoms with van der Waals surface area (Å²) in [4.78, 5) is 15.1. The Morgan fingerprint density at radius 3 is 2.75 bits per heavy atom. The predicted octanol–water partition coefficient (Wildman–Crippen LogP) is 3.69. The molecule has 1 fully saturated rings. The van der Waals surface area contributed by atoms with Crippen LogP contribution >= 0.6 is 35.3 Å². The summed E-state index contributed by atoms with van der Waals surface area (Å²) in [6, 6.07) is 4.04. The molecule has 0 spiro atoms. The largest absolute Gasteiger partial charge is 0.341 e. The summed E-state index contributed by atoms with van der Waals surface area (Å²) in [6.45, 7) is 0.637. The number of rotatable bonds is 4. The number of nitrogens with zero attached hydrogens (tertiary/aromatic N) is 1. The zero-order chi connectivity index (χ0) is 13.8. The van der Waals surface area contributed by atoms with Crippen molar-refractivity contribution in [2.24, 2.45) is 11.7 Å². The Hall–Kier alpha value is -0.290. The minimum absolute atomic E-state index is 0. The second-order valence-electron chi connectivity index (χ2n) is 5.37. The normalized spacial score (nSPS) is 22.1. The molecule has 2 N–H and O–H groups in total. The standard InChI is InChI=1S/C14H21ClN2OS.ClH/c1-17(9-11-6-7-13(15)19-11)14(18)8-10-4-2-3-5-12(10)16;/h6-7,10,12H,2-5,8-9,16H2,1H3;1H. The van der Waals surface area contributed by atoms with Crippen molar-refractivity contribution in [3.8, 4) is 0 Å². The molecule has 2 rings (SSSR count). The fourth-order valence-corrected chi connectivity index (χ4v) is 3.77. The Balaban J connectivity index is 0.00000200. The first-order valence-electron chi connectivity index (χ1n) is 6.80. The quantitative estimate of drug-likeness (QED) is 0.911. The summed E-state index contributed by atoms with van der Waals surface area (Å²) < 4.78 is 0.769. The van der Waals surface area contributed by atoms with Crippen LogP contribution in [0.15, 0.2) is 12.1 Å². The van der Waals surface area contributed by atoms with Crippen molar-refractivity contribution in [2.75, 3.05) is 7.05 Å². The minimum atomic E-state index is 0. The van der Waals surface area contributed by atoms with Crippen LogP contribution in [0.2, 0.25) is 4.34 Å². The summed E-state index contributed by atoms with van der Waals surface area (Å²) in [5, 5.41) is 0. The van der Waals surface area contributed by atoms with Gasteiger partial charge in [0.25, 0.3) is 0 Å². The number of halogens is 2. The maximum atomic E-state index is 12.2. The summed E-state index contributed by atoms with van der Waals surface area (Å²) in [5.74, 6) is 0.544. The van der Waals surface area contributed by atoms with Crippen molar-refractivity contribution in [3.63, 3.8) is 0 Å². The van der Waals surface area contributed by atoms with Gasteiger partial charge in [0.15, 0.2) is 0 Å². The van der Waals surface area contributed by atoms with Gasteiger partial charge in [-0.1, -0.05) is 24.4 Å². The first-order chi connectivity index (χ1) is 9.06. The first kappa shape index (κ1) is 17.8. The lowest BCUT2D eigenvalue weighted by Crippen LogP contribution is -2.37. The number of hydrogen-bond donors (Lipinski definition) is 1. The molecule has 114 valence electrons. The third-order valence-corrected chi connectivity index (χ3v) is 5.07. The molecule has 1 aromatic rings. The van der Waals surface area contributed by atoms with Gasteiger partial charge < -0.3 is 10.6 Å². The average molecular weight is 337 g/mol. The summed E-state index contributed by atoms with van der Waals surface area (Å²) >= 11 is 7.42. The van der Waals surface area contributed by atoms with E-state index in [1.54, 1.807) is 4.90 Å². The van der Waals surface area contributed by atoms with Crippen molar-refractivity contribution in [3.05, 3.63) is 21.3 Å². The van der Waals surface area contributed by atoms with Gasteiger partial charge in [0, 0.05) is 24.4 Å². The van der Waals surface area contributed by atoms with E-state index in [1.807, 2.05) is 19.2 Å². The second-order valence-corrected chi connectivity index (χ2v) is 7.17. The van der Waals surface area contributed by atoms with E-state index < -0.39 is 0 Å². The molecule has 1 saturated carbocycles. The predicted molar refractivity (Wildman–Crippen MR) is 87.6 cm³/mol. The van der Waals surface area contributed by atoms with E-state index in [1.165, 1.54) is 24.2 Å². The second kappa shape index (κ2) is 8.23. The fourth-order valence-electron chi connectivity index (χ4n) is 2.63. The summed E-state index contributed by atoms with van der Waals surface area (Å²) in [6.07, 6.45) is 5.13. The molecule has 0 aliphatic heterocycles. The van der Waals surface area contributed by atoms with Gasteiger partial charge in [-0.2, -0.15) is 0 Å². The van der Waals surface area contributed by atoms with Crippen molar-refractivity contribution in [2.45, 2.75) is 44.7 Å². The van der Waals surface area contributed by atoms with Crippen LogP contribution in [0.5, 0.6) is 0 Å². The summed E-state index contributed by atoms with van der Waals surface area (Å²) in [7, 11) is 1.85. The van der Waals surface area contributed by atoms with Gasteiger partial charge in [-0.25, -0.2) is 0 Å². The van der Waals surface area contributed by atoms with E-state index in [9.17, 15) is 4.79 Å². The van der Waals surface area contributed by atoms with Crippen LogP contribution < -0.4 is 5.73 Å². The van der Waals surface area contributed by atoms with E-state index in [4.69, 9.17) is 17.3 Å². The van der Waals surface area contributed by atoms with Crippen LogP contribution in [-0.2, 0) is 11.3 Å². The Kier molecular flexibility index (Phi) is 7.30. The molecule has 1 aliphatic carbocycles. The van der Waals surface area contributed by atoms with E-state index in [-0.39, 0.29) is 24.4 Å². The van der Waals surface area contributed by atoms with Crippen LogP contribution in [0.3, 0.4) is 0 Å². The Labute approximate surface area is 135 Å². The van der Waals surface area contributed by atoms with Crippen molar-refractivity contribution >= 4 is 41.3 Å². The molecule has 2 atom stereocenters. The molecule has 0 bridgehead atoms. The van der Waals surface area contributed by atoms with Crippen LogP contribution in [-0.4, -0.2) is 23.9 Å². The molecule has 0 saturated heterocycles. The SMILES string of the molecule is CN(Cc1ccc(Cl)s1)C(=O)CC1CCCCC1N.Cl. The molecule has 0 radical (unpaired) electrons. The van der Waals surface area contributed by atoms with Gasteiger partial charge in [-0.3, -0.25) is 4.79 Å². The minimum Gasteiger partial charge on any atom is -0.341 e. The van der Waals surface area contributed by atoms with Crippen molar-refractivity contribution in [1.82, 2.24) is 4.90 Å². The average Bonchev–Trinajstić information content (AvgIpc) is 2.77. The van der Waals surface area contributed by atoms with Gasteiger partial charge in [0.2, 0.25) is 5.91 Å². The number of hydrogen-bond acceptors (Lipinski definition) is 3. The monoisotopic (exact) mass is 336 g/mol. The number of carbonyl (C=O) groups excluding carboxylic acids is 1. The Bertz CT molecular complexity index is 439. The third kappa shape index (κ3) is 4.92. The van der Waals surface area contributed by atoms with Gasteiger partial charge in [-0.05, 0) is 30.9 Å². The van der Waals surface area contributed by atoms with Crippen LogP contribution in [0.1, 0.15) is 37.0 Å². The van der Waals surface area contributed by atoms with Crippen LogP contribution in [0, 0.1) is 5.92 Å². The molecule has 0 aromatic carbocycles. The molecule has 2 unspecified atom stereocenters. The zero-order valence-corrected chi connectivity index (χ0v) is 14.1. The number of amides is 1. The van der Waals surface area contributed by atoms with Crippen molar-refractivity contribution < 1.29 is 4.79 Å². The van der Waals surface area contributed by atoms with Crippen LogP contribution in [0.25, 0.3) is 0 Å². The topological polar surface area (TPSA) is 46.3 Å². The first-order valence-corrected chi connectivity index (χ1v) is 7.99. The smallest absolute Gasteiger partial charge is 0.222 e. The highest BCUT2D eigenvalue weighted by Gasteiger charge is 2.25. The van der Waals surface area contributed by atoms with Crippen LogP contribution in [0.4, 0.5) is 0 Å². The molecule has 1 aliphatic rings.